The zero-order chi connectivity index (χ0) is 30.3. The Hall–Kier alpha value is -5.78. The zero-order valence-corrected chi connectivity index (χ0v) is 20.6. The first-order valence-corrected chi connectivity index (χ1v) is 11.2. The number of aromatic nitrogens is 2. The molecule has 15 heteroatoms. The summed E-state index contributed by atoms with van der Waals surface area (Å²) in [5.41, 5.74) is 4.99. The van der Waals surface area contributed by atoms with Crippen LogP contribution in [0.4, 0.5) is 28.9 Å². The fourth-order valence-corrected chi connectivity index (χ4v) is 3.51. The highest BCUT2D eigenvalue weighted by Gasteiger charge is 2.21. The Morgan fingerprint density at radius 3 is 1.63 bits per heavy atom. The number of hydrogen-bond donors (Lipinski definition) is 1. The quantitative estimate of drug-likeness (QED) is 0.189. The predicted octanol–water partition coefficient (Wildman–Crippen LogP) is 4.69. The molecule has 2 N–H and O–H groups in total. The van der Waals surface area contributed by atoms with Crippen LogP contribution in [0, 0.1) is 54.8 Å². The van der Waals surface area contributed by atoms with Gasteiger partial charge in [0.1, 0.15) is 6.07 Å². The SMILES string of the molecule is N#Cc1ncc(Cc2ccc(F)c(F)c2)cc1[N+](=O)[O-].NC(=O)c1ncc(Cc2ccc(F)c(F)c2)cc1[N+](=O)[O-]. The second-order valence-electron chi connectivity index (χ2n) is 8.26. The van der Waals surface area contributed by atoms with Crippen LogP contribution >= 0.6 is 0 Å². The lowest BCUT2D eigenvalue weighted by atomic mass is 10.1. The second kappa shape index (κ2) is 12.8. The van der Waals surface area contributed by atoms with Crippen LogP contribution in [0.15, 0.2) is 60.9 Å². The van der Waals surface area contributed by atoms with Gasteiger partial charge < -0.3 is 5.73 Å². The van der Waals surface area contributed by atoms with Gasteiger partial charge in [0.2, 0.25) is 11.4 Å². The van der Waals surface area contributed by atoms with Gasteiger partial charge in [0.25, 0.3) is 5.91 Å². The largest absolute Gasteiger partial charge is 0.364 e. The monoisotopic (exact) mass is 568 g/mol. The van der Waals surface area contributed by atoms with Gasteiger partial charge in [-0.05, 0) is 59.4 Å². The molecule has 4 aromatic rings. The number of pyridine rings is 2. The maximum Gasteiger partial charge on any atom is 0.305 e. The third-order valence-corrected chi connectivity index (χ3v) is 5.37. The third kappa shape index (κ3) is 7.63. The Balaban J connectivity index is 0.000000226. The number of nitro groups is 2. The first-order chi connectivity index (χ1) is 19.4. The number of rotatable bonds is 7. The van der Waals surface area contributed by atoms with Gasteiger partial charge in [0.05, 0.1) is 9.85 Å². The van der Waals surface area contributed by atoms with E-state index in [0.717, 1.165) is 30.3 Å². The number of nitrogens with two attached hydrogens (primary N) is 1. The van der Waals surface area contributed by atoms with Crippen LogP contribution in [-0.4, -0.2) is 25.7 Å². The van der Waals surface area contributed by atoms with E-state index in [2.05, 4.69) is 9.97 Å². The molecule has 0 atom stereocenters. The number of hydrogen-bond acceptors (Lipinski definition) is 8. The molecule has 0 saturated carbocycles. The molecule has 2 heterocycles. The maximum atomic E-state index is 13.1. The molecule has 4 rings (SSSR count). The molecule has 0 unspecified atom stereocenters. The van der Waals surface area contributed by atoms with E-state index in [0.29, 0.717) is 22.3 Å². The minimum atomic E-state index is -1.01. The lowest BCUT2D eigenvalue weighted by Gasteiger charge is -2.04. The van der Waals surface area contributed by atoms with Crippen LogP contribution in [0.2, 0.25) is 0 Å². The molecule has 0 radical (unpaired) electrons. The first-order valence-electron chi connectivity index (χ1n) is 11.2. The number of benzene rings is 2. The van der Waals surface area contributed by atoms with Crippen molar-refractivity contribution in [2.75, 3.05) is 0 Å². The average Bonchev–Trinajstić information content (AvgIpc) is 2.93. The van der Waals surface area contributed by atoms with Crippen LogP contribution in [0.1, 0.15) is 38.4 Å². The number of halogens is 4. The summed E-state index contributed by atoms with van der Waals surface area (Å²) < 4.78 is 51.8. The van der Waals surface area contributed by atoms with Crippen molar-refractivity contribution in [1.29, 1.82) is 5.26 Å². The van der Waals surface area contributed by atoms with Crippen molar-refractivity contribution in [3.63, 3.8) is 0 Å². The summed E-state index contributed by atoms with van der Waals surface area (Å²) in [6, 6.07) is 10.6. The van der Waals surface area contributed by atoms with Crippen molar-refractivity contribution in [2.45, 2.75) is 12.8 Å². The van der Waals surface area contributed by atoms with Crippen molar-refractivity contribution in [3.05, 3.63) is 138 Å². The lowest BCUT2D eigenvalue weighted by molar-refractivity contribution is -0.385. The molecule has 0 spiro atoms. The van der Waals surface area contributed by atoms with Gasteiger partial charge in [-0.2, -0.15) is 5.26 Å². The normalized spacial score (nSPS) is 10.2. The summed E-state index contributed by atoms with van der Waals surface area (Å²) >= 11 is 0. The summed E-state index contributed by atoms with van der Waals surface area (Å²) in [5.74, 6) is -4.95. The van der Waals surface area contributed by atoms with E-state index >= 15 is 0 Å². The number of nitriles is 1. The van der Waals surface area contributed by atoms with Gasteiger partial charge in [0, 0.05) is 24.5 Å². The molecule has 0 aliphatic carbocycles. The van der Waals surface area contributed by atoms with Crippen LogP contribution in [0.5, 0.6) is 0 Å². The summed E-state index contributed by atoms with van der Waals surface area (Å²) in [5, 5.41) is 30.4. The number of amides is 1. The molecule has 0 aliphatic heterocycles. The van der Waals surface area contributed by atoms with Crippen molar-refractivity contribution in [2.24, 2.45) is 5.73 Å². The van der Waals surface area contributed by atoms with E-state index in [1.807, 2.05) is 0 Å². The number of nitrogens with zero attached hydrogens (tertiary/aromatic N) is 5. The molecule has 0 bridgehead atoms. The Kier molecular flexibility index (Phi) is 9.33. The second-order valence-corrected chi connectivity index (χ2v) is 8.26. The number of carbonyl (C=O) groups is 1. The van der Waals surface area contributed by atoms with Crippen LogP contribution in [-0.2, 0) is 12.8 Å². The smallest absolute Gasteiger partial charge is 0.305 e. The average molecular weight is 568 g/mol. The van der Waals surface area contributed by atoms with E-state index in [4.69, 9.17) is 11.0 Å². The van der Waals surface area contributed by atoms with Crippen molar-refractivity contribution >= 4 is 17.3 Å². The van der Waals surface area contributed by atoms with Gasteiger partial charge in [-0.15, -0.1) is 0 Å². The van der Waals surface area contributed by atoms with Crippen LogP contribution < -0.4 is 5.73 Å². The summed E-state index contributed by atoms with van der Waals surface area (Å²) in [6.45, 7) is 0. The fourth-order valence-electron chi connectivity index (χ4n) is 3.51. The van der Waals surface area contributed by atoms with Crippen LogP contribution in [0.25, 0.3) is 0 Å². The lowest BCUT2D eigenvalue weighted by Crippen LogP contribution is -2.15. The van der Waals surface area contributed by atoms with Gasteiger partial charge in [0.15, 0.2) is 23.3 Å². The highest BCUT2D eigenvalue weighted by atomic mass is 19.2. The molecule has 41 heavy (non-hydrogen) atoms. The topological polar surface area (TPSA) is 179 Å². The Morgan fingerprint density at radius 1 is 0.756 bits per heavy atom. The van der Waals surface area contributed by atoms with E-state index < -0.39 is 56.1 Å². The standard InChI is InChI=1S/C13H9F2N3O3.C13H7F2N3O2/c14-9-2-1-7(4-10(9)15)3-8-5-11(18(20)21)12(13(16)19)17-6-8;14-10-2-1-8(4-11(10)15)3-9-5-13(18(19)20)12(6-16)17-7-9/h1-2,4-6H,3H2,(H2,16,19);1-2,4-5,7H,3H2. The van der Waals surface area contributed by atoms with Crippen LogP contribution in [0.3, 0.4) is 0 Å². The molecule has 2 aromatic carbocycles. The Labute approximate surface area is 227 Å². The molecule has 208 valence electrons. The fraction of sp³-hybridized carbons (Fsp3) is 0.0769. The minimum absolute atomic E-state index is 0.101. The summed E-state index contributed by atoms with van der Waals surface area (Å²) in [6.07, 6.45) is 2.78. The molecular formula is C26H16F4N6O5. The van der Waals surface area contributed by atoms with Crippen molar-refractivity contribution < 1.29 is 32.2 Å². The third-order valence-electron chi connectivity index (χ3n) is 5.37. The van der Waals surface area contributed by atoms with Gasteiger partial charge in [-0.3, -0.25) is 25.0 Å². The molecule has 11 nitrogen and oxygen atoms in total. The highest BCUT2D eigenvalue weighted by Crippen LogP contribution is 2.21. The van der Waals surface area contributed by atoms with E-state index in [-0.39, 0.29) is 18.5 Å². The van der Waals surface area contributed by atoms with E-state index in [9.17, 15) is 42.6 Å². The number of primary amides is 1. The molecule has 2 aromatic heterocycles. The van der Waals surface area contributed by atoms with Gasteiger partial charge in [-0.25, -0.2) is 27.5 Å². The van der Waals surface area contributed by atoms with Crippen molar-refractivity contribution in [1.82, 2.24) is 9.97 Å². The molecule has 0 fully saturated rings. The Bertz CT molecular complexity index is 1710. The minimum Gasteiger partial charge on any atom is -0.364 e. The van der Waals surface area contributed by atoms with Gasteiger partial charge in [-0.1, -0.05) is 12.1 Å². The summed E-state index contributed by atoms with van der Waals surface area (Å²) in [7, 11) is 0. The molecular weight excluding hydrogens is 552 g/mol. The number of carbonyl (C=O) groups excluding carboxylic acids is 1. The first kappa shape index (κ1) is 29.8. The summed E-state index contributed by atoms with van der Waals surface area (Å²) in [4.78, 5) is 38.6. The van der Waals surface area contributed by atoms with E-state index in [1.165, 1.54) is 30.6 Å². The molecule has 0 saturated heterocycles. The molecule has 0 aliphatic rings. The van der Waals surface area contributed by atoms with E-state index in [1.54, 1.807) is 6.07 Å². The maximum absolute atomic E-state index is 13.1. The highest BCUT2D eigenvalue weighted by molar-refractivity contribution is 5.94. The predicted molar refractivity (Wildman–Crippen MR) is 133 cm³/mol. The van der Waals surface area contributed by atoms with Crippen molar-refractivity contribution in [3.8, 4) is 6.07 Å². The van der Waals surface area contributed by atoms with Gasteiger partial charge >= 0.3 is 11.4 Å². The Morgan fingerprint density at radius 2 is 1.22 bits per heavy atom. The molecule has 1 amide bonds. The zero-order valence-electron chi connectivity index (χ0n) is 20.6.